The van der Waals surface area contributed by atoms with Gasteiger partial charge in [-0.15, -0.1) is 0 Å². The van der Waals surface area contributed by atoms with Crippen LogP contribution < -0.4 is 5.73 Å². The number of carbonyl (C=O) groups excluding carboxylic acids is 1. The van der Waals surface area contributed by atoms with E-state index >= 15 is 0 Å². The van der Waals surface area contributed by atoms with Gasteiger partial charge in [0.05, 0.1) is 0 Å². The summed E-state index contributed by atoms with van der Waals surface area (Å²) in [5, 5.41) is 9.69. The summed E-state index contributed by atoms with van der Waals surface area (Å²) >= 11 is 0. The predicted octanol–water partition coefficient (Wildman–Crippen LogP) is 0.803. The van der Waals surface area contributed by atoms with Gasteiger partial charge in [-0.1, -0.05) is 13.3 Å². The van der Waals surface area contributed by atoms with Crippen molar-refractivity contribution in [3.8, 4) is 0 Å². The molecular weight excluding hydrogens is 154 g/mol. The Morgan fingerprint density at radius 1 is 1.58 bits per heavy atom. The molecule has 70 valence electrons. The van der Waals surface area contributed by atoms with Gasteiger partial charge in [0.15, 0.2) is 0 Å². The predicted molar refractivity (Wildman–Crippen MR) is 46.4 cm³/mol. The van der Waals surface area contributed by atoms with Gasteiger partial charge in [-0.2, -0.15) is 0 Å². The molecule has 0 atom stereocenters. The molecule has 1 saturated carbocycles. The number of hydrogen-bond donors (Lipinski definition) is 2. The highest BCUT2D eigenvalue weighted by molar-refractivity contribution is 5.83. The van der Waals surface area contributed by atoms with Gasteiger partial charge >= 0.3 is 0 Å². The van der Waals surface area contributed by atoms with E-state index in [9.17, 15) is 9.90 Å². The minimum atomic E-state index is -1.20. The van der Waals surface area contributed by atoms with Crippen molar-refractivity contribution in [3.05, 3.63) is 0 Å². The molecule has 0 unspecified atom stereocenters. The lowest BCUT2D eigenvalue weighted by molar-refractivity contribution is -0.140. The molecule has 0 saturated heterocycles. The number of carbonyl (C=O) groups is 1. The lowest BCUT2D eigenvalue weighted by Crippen LogP contribution is -2.46. The van der Waals surface area contributed by atoms with Crippen LogP contribution in [0.1, 0.15) is 39.0 Å². The second-order valence-corrected chi connectivity index (χ2v) is 3.75. The Hall–Kier alpha value is -0.570. The Kier molecular flexibility index (Phi) is 2.73. The van der Waals surface area contributed by atoms with Crippen molar-refractivity contribution in [3.63, 3.8) is 0 Å². The third kappa shape index (κ3) is 1.78. The normalized spacial score (nSPS) is 36.3. The van der Waals surface area contributed by atoms with Crippen molar-refractivity contribution >= 4 is 5.91 Å². The maximum atomic E-state index is 10.8. The summed E-state index contributed by atoms with van der Waals surface area (Å²) < 4.78 is 0. The third-order valence-electron chi connectivity index (χ3n) is 2.97. The van der Waals surface area contributed by atoms with E-state index in [1.807, 2.05) is 0 Å². The number of rotatable bonds is 2. The first-order chi connectivity index (χ1) is 5.58. The fraction of sp³-hybridized carbons (Fsp3) is 0.889. The molecule has 0 aromatic carbocycles. The number of nitrogens with two attached hydrogens (primary N) is 1. The number of aliphatic hydroxyl groups is 1. The van der Waals surface area contributed by atoms with E-state index in [0.717, 1.165) is 19.3 Å². The molecule has 3 heteroatoms. The molecule has 1 amide bonds. The summed E-state index contributed by atoms with van der Waals surface area (Å²) in [7, 11) is 0. The standard InChI is InChI=1S/C9H17NO2/c1-2-7-3-5-9(12,6-4-7)8(10)11/h7,12H,2-6H2,1H3,(H2,10,11). The second kappa shape index (κ2) is 3.44. The van der Waals surface area contributed by atoms with Crippen LogP contribution in [0.15, 0.2) is 0 Å². The van der Waals surface area contributed by atoms with Crippen LogP contribution in [0.25, 0.3) is 0 Å². The zero-order valence-electron chi connectivity index (χ0n) is 7.55. The first-order valence-electron chi connectivity index (χ1n) is 4.61. The number of hydrogen-bond acceptors (Lipinski definition) is 2. The van der Waals surface area contributed by atoms with E-state index in [2.05, 4.69) is 6.92 Å². The molecule has 1 aliphatic rings. The van der Waals surface area contributed by atoms with E-state index < -0.39 is 11.5 Å². The molecule has 1 fully saturated rings. The Bertz CT molecular complexity index is 171. The smallest absolute Gasteiger partial charge is 0.249 e. The lowest BCUT2D eigenvalue weighted by atomic mass is 9.77. The van der Waals surface area contributed by atoms with Crippen LogP contribution in [-0.2, 0) is 4.79 Å². The van der Waals surface area contributed by atoms with E-state index in [4.69, 9.17) is 5.73 Å². The second-order valence-electron chi connectivity index (χ2n) is 3.75. The molecule has 3 N–H and O–H groups in total. The Balaban J connectivity index is 2.49. The summed E-state index contributed by atoms with van der Waals surface area (Å²) in [5.41, 5.74) is 3.90. The van der Waals surface area contributed by atoms with Crippen LogP contribution in [-0.4, -0.2) is 16.6 Å². The zero-order valence-corrected chi connectivity index (χ0v) is 7.55. The lowest BCUT2D eigenvalue weighted by Gasteiger charge is -2.32. The van der Waals surface area contributed by atoms with Crippen LogP contribution in [0.4, 0.5) is 0 Å². The van der Waals surface area contributed by atoms with Crippen molar-refractivity contribution in [1.82, 2.24) is 0 Å². The molecule has 12 heavy (non-hydrogen) atoms. The summed E-state index contributed by atoms with van der Waals surface area (Å²) in [6.45, 7) is 2.14. The minimum Gasteiger partial charge on any atom is -0.380 e. The van der Waals surface area contributed by atoms with Crippen LogP contribution >= 0.6 is 0 Å². The highest BCUT2D eigenvalue weighted by atomic mass is 16.3. The van der Waals surface area contributed by atoms with Gasteiger partial charge in [-0.05, 0) is 31.6 Å². The number of primary amides is 1. The summed E-state index contributed by atoms with van der Waals surface area (Å²) in [6.07, 6.45) is 4.07. The average molecular weight is 171 g/mol. The van der Waals surface area contributed by atoms with E-state index in [0.29, 0.717) is 18.8 Å². The van der Waals surface area contributed by atoms with Gasteiger partial charge < -0.3 is 10.8 Å². The molecule has 0 spiro atoms. The Morgan fingerprint density at radius 3 is 2.42 bits per heavy atom. The van der Waals surface area contributed by atoms with Crippen LogP contribution in [0.2, 0.25) is 0 Å². The third-order valence-corrected chi connectivity index (χ3v) is 2.97. The molecule has 0 aromatic heterocycles. The van der Waals surface area contributed by atoms with Gasteiger partial charge in [-0.25, -0.2) is 0 Å². The number of amides is 1. The quantitative estimate of drug-likeness (QED) is 0.645. The molecule has 1 aliphatic carbocycles. The first-order valence-corrected chi connectivity index (χ1v) is 4.61. The van der Waals surface area contributed by atoms with Crippen molar-refractivity contribution in [2.75, 3.05) is 0 Å². The Labute approximate surface area is 72.9 Å². The topological polar surface area (TPSA) is 63.3 Å². The monoisotopic (exact) mass is 171 g/mol. The minimum absolute atomic E-state index is 0.542. The van der Waals surface area contributed by atoms with Crippen LogP contribution in [0.3, 0.4) is 0 Å². The van der Waals surface area contributed by atoms with Crippen molar-refractivity contribution in [1.29, 1.82) is 0 Å². The zero-order chi connectivity index (χ0) is 9.19. The van der Waals surface area contributed by atoms with Crippen molar-refractivity contribution in [2.24, 2.45) is 11.7 Å². The van der Waals surface area contributed by atoms with E-state index in [-0.39, 0.29) is 0 Å². The molecule has 0 aliphatic heterocycles. The average Bonchev–Trinajstić information content (AvgIpc) is 2.06. The van der Waals surface area contributed by atoms with E-state index in [1.54, 1.807) is 0 Å². The fourth-order valence-electron chi connectivity index (χ4n) is 1.81. The van der Waals surface area contributed by atoms with Crippen molar-refractivity contribution < 1.29 is 9.90 Å². The van der Waals surface area contributed by atoms with Gasteiger partial charge in [0.1, 0.15) is 5.60 Å². The van der Waals surface area contributed by atoms with Gasteiger partial charge in [0.2, 0.25) is 5.91 Å². The van der Waals surface area contributed by atoms with Crippen LogP contribution in [0.5, 0.6) is 0 Å². The SMILES string of the molecule is CCC1CCC(O)(C(N)=O)CC1. The summed E-state index contributed by atoms with van der Waals surface area (Å²) in [6, 6.07) is 0. The van der Waals surface area contributed by atoms with Gasteiger partial charge in [-0.3, -0.25) is 4.79 Å². The maximum absolute atomic E-state index is 10.8. The molecule has 3 nitrogen and oxygen atoms in total. The largest absolute Gasteiger partial charge is 0.380 e. The van der Waals surface area contributed by atoms with Gasteiger partial charge in [0.25, 0.3) is 0 Å². The van der Waals surface area contributed by atoms with Crippen molar-refractivity contribution in [2.45, 2.75) is 44.6 Å². The molecule has 0 bridgehead atoms. The highest BCUT2D eigenvalue weighted by Crippen LogP contribution is 2.33. The molecule has 0 radical (unpaired) electrons. The molecule has 0 aromatic rings. The molecule has 0 heterocycles. The highest BCUT2D eigenvalue weighted by Gasteiger charge is 2.37. The van der Waals surface area contributed by atoms with Gasteiger partial charge in [0, 0.05) is 0 Å². The summed E-state index contributed by atoms with van der Waals surface area (Å²) in [5.74, 6) is 0.113. The Morgan fingerprint density at radius 2 is 2.08 bits per heavy atom. The first kappa shape index (κ1) is 9.52. The van der Waals surface area contributed by atoms with E-state index in [1.165, 1.54) is 0 Å². The molecule has 1 rings (SSSR count). The summed E-state index contributed by atoms with van der Waals surface area (Å²) in [4.78, 5) is 10.8. The molecular formula is C9H17NO2. The maximum Gasteiger partial charge on any atom is 0.249 e. The van der Waals surface area contributed by atoms with Crippen LogP contribution in [0, 0.1) is 5.92 Å². The fourth-order valence-corrected chi connectivity index (χ4v) is 1.81.